The lowest BCUT2D eigenvalue weighted by atomic mass is 9.96. The Kier molecular flexibility index (Phi) is 8.09. The lowest BCUT2D eigenvalue weighted by molar-refractivity contribution is -0.143. The van der Waals surface area contributed by atoms with Gasteiger partial charge >= 0.3 is 5.97 Å². The number of nitrogens with one attached hydrogen (secondary N) is 3. The molecule has 38 heavy (non-hydrogen) atoms. The highest BCUT2D eigenvalue weighted by Crippen LogP contribution is 2.24. The highest BCUT2D eigenvalue weighted by atomic mass is 35.5. The number of hydrogen-bond acceptors (Lipinski definition) is 4. The molecular formula is C29H25ClN4O4. The van der Waals surface area contributed by atoms with Gasteiger partial charge in [-0.1, -0.05) is 29.7 Å². The lowest BCUT2D eigenvalue weighted by Crippen LogP contribution is -2.40. The SMILES string of the molecule is C#Cc1ccc(NC(=O)c2cc(Cl)ccc2NC(=O)c2ccc(C(=N)N3CCC(C(=O)O)CC3)cc2)cc1. The number of terminal acetylenes is 1. The van der Waals surface area contributed by atoms with Gasteiger partial charge in [0, 0.05) is 40.5 Å². The molecule has 0 atom stereocenters. The van der Waals surface area contributed by atoms with Gasteiger partial charge < -0.3 is 20.6 Å². The van der Waals surface area contributed by atoms with E-state index < -0.39 is 17.8 Å². The predicted molar refractivity (Wildman–Crippen MR) is 147 cm³/mol. The third-order valence-corrected chi connectivity index (χ3v) is 6.60. The molecule has 3 aromatic rings. The van der Waals surface area contributed by atoms with Crippen molar-refractivity contribution in [1.82, 2.24) is 4.90 Å². The summed E-state index contributed by atoms with van der Waals surface area (Å²) < 4.78 is 0. The largest absolute Gasteiger partial charge is 0.481 e. The number of amidine groups is 1. The minimum atomic E-state index is -0.799. The molecule has 9 heteroatoms. The molecule has 1 aliphatic heterocycles. The fourth-order valence-electron chi connectivity index (χ4n) is 4.17. The van der Waals surface area contributed by atoms with E-state index in [1.165, 1.54) is 6.07 Å². The summed E-state index contributed by atoms with van der Waals surface area (Å²) in [6.07, 6.45) is 6.35. The van der Waals surface area contributed by atoms with Crippen LogP contribution in [0.3, 0.4) is 0 Å². The quantitative estimate of drug-likeness (QED) is 0.205. The van der Waals surface area contributed by atoms with E-state index in [1.807, 2.05) is 4.90 Å². The molecule has 0 aliphatic carbocycles. The monoisotopic (exact) mass is 528 g/mol. The Bertz CT molecular complexity index is 1420. The summed E-state index contributed by atoms with van der Waals surface area (Å²) in [5.41, 5.74) is 2.67. The molecule has 4 rings (SSSR count). The minimum Gasteiger partial charge on any atom is -0.481 e. The lowest BCUT2D eigenvalue weighted by Gasteiger charge is -2.32. The maximum atomic E-state index is 13.0. The number of nitrogens with zero attached hydrogens (tertiary/aromatic N) is 1. The van der Waals surface area contributed by atoms with Gasteiger partial charge in [-0.3, -0.25) is 19.8 Å². The van der Waals surface area contributed by atoms with Crippen LogP contribution in [-0.4, -0.2) is 46.7 Å². The Labute approximate surface area is 225 Å². The van der Waals surface area contributed by atoms with Crippen LogP contribution in [0.4, 0.5) is 11.4 Å². The zero-order valence-electron chi connectivity index (χ0n) is 20.3. The second-order valence-corrected chi connectivity index (χ2v) is 9.28. The number of piperidine rings is 1. The van der Waals surface area contributed by atoms with Gasteiger partial charge in [-0.15, -0.1) is 6.42 Å². The van der Waals surface area contributed by atoms with Crippen molar-refractivity contribution in [3.63, 3.8) is 0 Å². The van der Waals surface area contributed by atoms with Crippen molar-refractivity contribution in [1.29, 1.82) is 5.41 Å². The maximum absolute atomic E-state index is 13.0. The first-order valence-corrected chi connectivity index (χ1v) is 12.3. The summed E-state index contributed by atoms with van der Waals surface area (Å²) in [5, 5.41) is 23.5. The van der Waals surface area contributed by atoms with Gasteiger partial charge in [-0.25, -0.2) is 0 Å². The minimum absolute atomic E-state index is 0.190. The third kappa shape index (κ3) is 6.20. The topological polar surface area (TPSA) is 123 Å². The Morgan fingerprint density at radius 2 is 1.55 bits per heavy atom. The molecule has 0 spiro atoms. The summed E-state index contributed by atoms with van der Waals surface area (Å²) in [7, 11) is 0. The Hall–Kier alpha value is -4.61. The Morgan fingerprint density at radius 1 is 0.921 bits per heavy atom. The molecule has 0 aromatic heterocycles. The zero-order valence-corrected chi connectivity index (χ0v) is 21.1. The smallest absolute Gasteiger partial charge is 0.306 e. The number of hydrogen-bond donors (Lipinski definition) is 4. The van der Waals surface area contributed by atoms with Crippen LogP contribution in [-0.2, 0) is 4.79 Å². The first-order valence-electron chi connectivity index (χ1n) is 11.9. The van der Waals surface area contributed by atoms with Crippen LogP contribution in [0.5, 0.6) is 0 Å². The Balaban J connectivity index is 1.43. The van der Waals surface area contributed by atoms with Crippen molar-refractivity contribution in [2.75, 3.05) is 23.7 Å². The van der Waals surface area contributed by atoms with E-state index in [4.69, 9.17) is 28.5 Å². The number of amides is 2. The number of anilines is 2. The number of carbonyl (C=O) groups is 3. The van der Waals surface area contributed by atoms with Crippen LogP contribution in [0.2, 0.25) is 5.02 Å². The molecular weight excluding hydrogens is 504 g/mol. The summed E-state index contributed by atoms with van der Waals surface area (Å²) in [6.45, 7) is 0.987. The predicted octanol–water partition coefficient (Wildman–Crippen LogP) is 4.95. The van der Waals surface area contributed by atoms with E-state index in [0.717, 1.165) is 0 Å². The van der Waals surface area contributed by atoms with Crippen LogP contribution in [0.15, 0.2) is 66.7 Å². The number of benzene rings is 3. The van der Waals surface area contributed by atoms with Crippen molar-refractivity contribution < 1.29 is 19.5 Å². The van der Waals surface area contributed by atoms with Gasteiger partial charge in [-0.2, -0.15) is 0 Å². The summed E-state index contributed by atoms with van der Waals surface area (Å²) in [4.78, 5) is 38.9. The molecule has 1 heterocycles. The molecule has 4 N–H and O–H groups in total. The highest BCUT2D eigenvalue weighted by molar-refractivity contribution is 6.31. The molecule has 1 fully saturated rings. The average molecular weight is 529 g/mol. The third-order valence-electron chi connectivity index (χ3n) is 6.36. The van der Waals surface area contributed by atoms with Gasteiger partial charge in [0.05, 0.1) is 17.2 Å². The van der Waals surface area contributed by atoms with E-state index in [1.54, 1.807) is 60.7 Å². The fourth-order valence-corrected chi connectivity index (χ4v) is 4.34. The van der Waals surface area contributed by atoms with Crippen molar-refractivity contribution in [3.8, 4) is 12.3 Å². The van der Waals surface area contributed by atoms with E-state index in [2.05, 4.69) is 16.6 Å². The molecule has 1 saturated heterocycles. The van der Waals surface area contributed by atoms with E-state index >= 15 is 0 Å². The number of carboxylic acids is 1. The first-order chi connectivity index (χ1) is 18.2. The summed E-state index contributed by atoms with van der Waals surface area (Å²) >= 11 is 6.12. The van der Waals surface area contributed by atoms with Crippen molar-refractivity contribution in [2.45, 2.75) is 12.8 Å². The van der Waals surface area contributed by atoms with Gasteiger partial charge in [0.15, 0.2) is 0 Å². The van der Waals surface area contributed by atoms with Crippen LogP contribution >= 0.6 is 11.6 Å². The van der Waals surface area contributed by atoms with Crippen LogP contribution in [0.1, 0.15) is 44.7 Å². The van der Waals surface area contributed by atoms with Gasteiger partial charge in [0.2, 0.25) is 0 Å². The second-order valence-electron chi connectivity index (χ2n) is 8.85. The molecule has 0 saturated carbocycles. The zero-order chi connectivity index (χ0) is 27.2. The number of carbonyl (C=O) groups excluding carboxylic acids is 2. The molecule has 8 nitrogen and oxygen atoms in total. The van der Waals surface area contributed by atoms with Crippen molar-refractivity contribution in [2.24, 2.45) is 5.92 Å². The standard InChI is InChI=1S/C29H25ClN4O4/c1-2-18-3-10-23(11-4-18)32-28(36)24-17-22(30)9-12-25(24)33-27(35)20-7-5-19(6-8-20)26(31)34-15-13-21(14-16-34)29(37)38/h1,3-12,17,21,31H,13-16H2,(H,32,36)(H,33,35)(H,37,38). The molecule has 0 unspecified atom stereocenters. The highest BCUT2D eigenvalue weighted by Gasteiger charge is 2.26. The van der Waals surface area contributed by atoms with Gasteiger partial charge in [0.1, 0.15) is 5.84 Å². The molecule has 0 radical (unpaired) electrons. The van der Waals surface area contributed by atoms with E-state index in [9.17, 15) is 14.4 Å². The fraction of sp³-hybridized carbons (Fsp3) is 0.172. The maximum Gasteiger partial charge on any atom is 0.306 e. The molecule has 192 valence electrons. The number of rotatable bonds is 6. The average Bonchev–Trinajstić information content (AvgIpc) is 2.94. The van der Waals surface area contributed by atoms with Crippen LogP contribution < -0.4 is 10.6 Å². The summed E-state index contributed by atoms with van der Waals surface area (Å²) in [5.74, 6) is 0.740. The van der Waals surface area contributed by atoms with Crippen LogP contribution in [0, 0.1) is 23.7 Å². The number of aliphatic carboxylic acids is 1. The first kappa shape index (κ1) is 26.5. The van der Waals surface area contributed by atoms with E-state index in [0.29, 0.717) is 53.3 Å². The molecule has 0 bridgehead atoms. The van der Waals surface area contributed by atoms with Crippen molar-refractivity contribution >= 4 is 46.6 Å². The van der Waals surface area contributed by atoms with Crippen LogP contribution in [0.25, 0.3) is 0 Å². The Morgan fingerprint density at radius 3 is 2.16 bits per heavy atom. The van der Waals surface area contributed by atoms with E-state index in [-0.39, 0.29) is 23.0 Å². The molecule has 1 aliphatic rings. The van der Waals surface area contributed by atoms with Gasteiger partial charge in [0.25, 0.3) is 11.8 Å². The molecule has 2 amide bonds. The number of carboxylic acid groups (broad SMARTS) is 1. The summed E-state index contributed by atoms with van der Waals surface area (Å²) in [6, 6.07) is 17.9. The second kappa shape index (κ2) is 11.6. The van der Waals surface area contributed by atoms with Crippen molar-refractivity contribution in [3.05, 3.63) is 94.0 Å². The molecule has 3 aromatic carbocycles. The normalized spacial score (nSPS) is 13.3. The number of likely N-dealkylation sites (tertiary alicyclic amines) is 1. The number of halogens is 1. The van der Waals surface area contributed by atoms with Gasteiger partial charge in [-0.05, 0) is 67.4 Å².